The van der Waals surface area contributed by atoms with Crippen LogP contribution in [-0.2, 0) is 11.3 Å². The molecule has 0 radical (unpaired) electrons. The van der Waals surface area contributed by atoms with E-state index in [2.05, 4.69) is 5.32 Å². The van der Waals surface area contributed by atoms with Crippen LogP contribution in [0.3, 0.4) is 0 Å². The predicted molar refractivity (Wildman–Crippen MR) is 121 cm³/mol. The number of fused-ring (bicyclic) bond motifs is 3. The van der Waals surface area contributed by atoms with Gasteiger partial charge >= 0.3 is 0 Å². The van der Waals surface area contributed by atoms with Crippen LogP contribution in [0.1, 0.15) is 43.1 Å². The van der Waals surface area contributed by atoms with Gasteiger partial charge in [0.2, 0.25) is 5.91 Å². The highest BCUT2D eigenvalue weighted by molar-refractivity contribution is 6.14. The highest BCUT2D eigenvalue weighted by Gasteiger charge is 2.49. The Kier molecular flexibility index (Phi) is 4.73. The van der Waals surface area contributed by atoms with Crippen molar-refractivity contribution >= 4 is 28.4 Å². The molecule has 2 aliphatic rings. The zero-order valence-corrected chi connectivity index (χ0v) is 17.9. The Balaban J connectivity index is 1.62. The number of carbonyl (C=O) groups excluding carboxylic acids is 2. The fourth-order valence-electron chi connectivity index (χ4n) is 4.99. The number of carbonyl (C=O) groups is 2. The first kappa shape index (κ1) is 19.7. The molecule has 1 saturated carbocycles. The Morgan fingerprint density at radius 2 is 1.81 bits per heavy atom. The van der Waals surface area contributed by atoms with E-state index in [0.717, 1.165) is 36.6 Å². The van der Waals surface area contributed by atoms with Crippen LogP contribution in [0.15, 0.2) is 54.6 Å². The molecule has 3 aromatic rings. The molecule has 0 saturated heterocycles. The van der Waals surface area contributed by atoms with E-state index in [0.29, 0.717) is 23.7 Å². The van der Waals surface area contributed by atoms with Crippen LogP contribution in [0.25, 0.3) is 10.9 Å². The van der Waals surface area contributed by atoms with Crippen LogP contribution in [0.4, 0.5) is 5.69 Å². The third kappa shape index (κ3) is 3.17. The lowest BCUT2D eigenvalue weighted by atomic mass is 9.93. The Labute approximate surface area is 181 Å². The summed E-state index contributed by atoms with van der Waals surface area (Å²) in [7, 11) is 1.61. The third-order valence-corrected chi connectivity index (χ3v) is 6.70. The van der Waals surface area contributed by atoms with Gasteiger partial charge in [-0.1, -0.05) is 31.0 Å². The normalized spacial score (nSPS) is 21.4. The van der Waals surface area contributed by atoms with Crippen molar-refractivity contribution in [3.8, 4) is 5.75 Å². The minimum Gasteiger partial charge on any atom is -0.497 e. The summed E-state index contributed by atoms with van der Waals surface area (Å²) in [5.41, 5.74) is 1.21. The molecule has 1 aliphatic carbocycles. The molecule has 1 aromatic heterocycles. The van der Waals surface area contributed by atoms with Crippen molar-refractivity contribution in [3.63, 3.8) is 0 Å². The Bertz CT molecular complexity index is 1140. The van der Waals surface area contributed by atoms with Crippen molar-refractivity contribution in [2.75, 3.05) is 12.0 Å². The number of benzene rings is 2. The highest BCUT2D eigenvalue weighted by atomic mass is 16.5. The van der Waals surface area contributed by atoms with Crippen LogP contribution < -0.4 is 15.0 Å². The molecule has 2 amide bonds. The number of amides is 2. The van der Waals surface area contributed by atoms with E-state index in [1.807, 2.05) is 66.1 Å². The summed E-state index contributed by atoms with van der Waals surface area (Å²) in [5.74, 6) is 0.433. The molecule has 1 aliphatic heterocycles. The number of aromatic nitrogens is 1. The average molecular weight is 418 g/mol. The first-order valence-electron chi connectivity index (χ1n) is 10.9. The van der Waals surface area contributed by atoms with Crippen molar-refractivity contribution in [1.29, 1.82) is 0 Å². The SMILES string of the molecule is COc1ccc(N2C(=O)c3cc4ccccc4n3CC2(C)C(=O)NC2CCCC2)cc1. The van der Waals surface area contributed by atoms with E-state index in [9.17, 15) is 9.59 Å². The average Bonchev–Trinajstić information content (AvgIpc) is 3.42. The van der Waals surface area contributed by atoms with Gasteiger partial charge in [-0.15, -0.1) is 0 Å². The molecule has 1 unspecified atom stereocenters. The fourth-order valence-corrected chi connectivity index (χ4v) is 4.99. The first-order chi connectivity index (χ1) is 15.0. The minimum absolute atomic E-state index is 0.105. The molecule has 0 spiro atoms. The van der Waals surface area contributed by atoms with Gasteiger partial charge in [-0.3, -0.25) is 14.5 Å². The second-order valence-corrected chi connectivity index (χ2v) is 8.74. The minimum atomic E-state index is -1.05. The molecule has 1 atom stereocenters. The van der Waals surface area contributed by atoms with E-state index in [4.69, 9.17) is 4.74 Å². The van der Waals surface area contributed by atoms with Crippen molar-refractivity contribution in [2.45, 2.75) is 50.7 Å². The molecular formula is C25H27N3O3. The molecule has 1 N–H and O–H groups in total. The molecule has 6 nitrogen and oxygen atoms in total. The number of nitrogens with one attached hydrogen (secondary N) is 1. The van der Waals surface area contributed by atoms with Gasteiger partial charge in [-0.05, 0) is 56.2 Å². The van der Waals surface area contributed by atoms with Crippen molar-refractivity contribution in [3.05, 3.63) is 60.3 Å². The topological polar surface area (TPSA) is 63.6 Å². The maximum absolute atomic E-state index is 13.8. The monoisotopic (exact) mass is 417 g/mol. The van der Waals surface area contributed by atoms with Gasteiger partial charge in [0, 0.05) is 22.6 Å². The summed E-state index contributed by atoms with van der Waals surface area (Å²) in [4.78, 5) is 29.1. The van der Waals surface area contributed by atoms with Gasteiger partial charge in [-0.2, -0.15) is 0 Å². The molecule has 0 bridgehead atoms. The zero-order chi connectivity index (χ0) is 21.6. The Hall–Kier alpha value is -3.28. The second kappa shape index (κ2) is 7.45. The molecule has 1 fully saturated rings. The number of hydrogen-bond acceptors (Lipinski definition) is 3. The standard InChI is InChI=1S/C25H27N3O3/c1-25(24(30)26-18-8-4-5-9-18)16-27-21-10-6-3-7-17(21)15-22(27)23(29)28(25)19-11-13-20(31-2)14-12-19/h3,6-7,10-15,18H,4-5,8-9,16H2,1-2H3,(H,26,30). The maximum Gasteiger partial charge on any atom is 0.275 e. The van der Waals surface area contributed by atoms with Crippen LogP contribution in [-0.4, -0.2) is 35.1 Å². The van der Waals surface area contributed by atoms with E-state index in [1.54, 1.807) is 12.0 Å². The fraction of sp³-hybridized carbons (Fsp3) is 0.360. The molecule has 6 heteroatoms. The van der Waals surface area contributed by atoms with Crippen LogP contribution in [0.5, 0.6) is 5.75 Å². The summed E-state index contributed by atoms with van der Waals surface area (Å²) >= 11 is 0. The smallest absolute Gasteiger partial charge is 0.275 e. The van der Waals surface area contributed by atoms with E-state index < -0.39 is 5.54 Å². The summed E-state index contributed by atoms with van der Waals surface area (Å²) in [5, 5.41) is 4.23. The van der Waals surface area contributed by atoms with Crippen LogP contribution in [0.2, 0.25) is 0 Å². The van der Waals surface area contributed by atoms with Gasteiger partial charge in [0.1, 0.15) is 17.0 Å². The van der Waals surface area contributed by atoms with E-state index in [1.165, 1.54) is 0 Å². The summed E-state index contributed by atoms with van der Waals surface area (Å²) in [6.07, 6.45) is 4.26. The second-order valence-electron chi connectivity index (χ2n) is 8.74. The molecule has 5 rings (SSSR count). The van der Waals surface area contributed by atoms with Crippen LogP contribution >= 0.6 is 0 Å². The van der Waals surface area contributed by atoms with Gasteiger partial charge in [0.05, 0.1) is 13.7 Å². The summed E-state index contributed by atoms with van der Waals surface area (Å²) in [6.45, 7) is 2.27. The number of nitrogens with zero attached hydrogens (tertiary/aromatic N) is 2. The number of methoxy groups -OCH3 is 1. The Morgan fingerprint density at radius 1 is 1.10 bits per heavy atom. The lowest BCUT2D eigenvalue weighted by Crippen LogP contribution is -2.65. The van der Waals surface area contributed by atoms with Gasteiger partial charge in [0.25, 0.3) is 5.91 Å². The lowest BCUT2D eigenvalue weighted by Gasteiger charge is -2.44. The number of anilines is 1. The molecule has 2 aromatic carbocycles. The highest BCUT2D eigenvalue weighted by Crippen LogP contribution is 2.36. The zero-order valence-electron chi connectivity index (χ0n) is 17.9. The van der Waals surface area contributed by atoms with Gasteiger partial charge in [0.15, 0.2) is 0 Å². The van der Waals surface area contributed by atoms with E-state index >= 15 is 0 Å². The summed E-state index contributed by atoms with van der Waals surface area (Å²) in [6, 6.07) is 17.4. The van der Waals surface area contributed by atoms with Gasteiger partial charge < -0.3 is 14.6 Å². The number of hydrogen-bond donors (Lipinski definition) is 1. The molecule has 31 heavy (non-hydrogen) atoms. The van der Waals surface area contributed by atoms with Crippen LogP contribution in [0, 0.1) is 0 Å². The molecular weight excluding hydrogens is 390 g/mol. The number of para-hydroxylation sites is 1. The third-order valence-electron chi connectivity index (χ3n) is 6.70. The van der Waals surface area contributed by atoms with Crippen molar-refractivity contribution in [1.82, 2.24) is 9.88 Å². The Morgan fingerprint density at radius 3 is 2.52 bits per heavy atom. The number of ether oxygens (including phenoxy) is 1. The van der Waals surface area contributed by atoms with E-state index in [-0.39, 0.29) is 17.9 Å². The molecule has 2 heterocycles. The summed E-state index contributed by atoms with van der Waals surface area (Å²) < 4.78 is 7.27. The first-order valence-corrected chi connectivity index (χ1v) is 10.9. The predicted octanol–water partition coefficient (Wildman–Crippen LogP) is 4.13. The lowest BCUT2D eigenvalue weighted by molar-refractivity contribution is -0.127. The van der Waals surface area contributed by atoms with Crippen molar-refractivity contribution in [2.24, 2.45) is 0 Å². The number of rotatable bonds is 4. The molecule has 160 valence electrons. The quantitative estimate of drug-likeness (QED) is 0.694. The van der Waals surface area contributed by atoms with Gasteiger partial charge in [-0.25, -0.2) is 0 Å². The maximum atomic E-state index is 13.8. The largest absolute Gasteiger partial charge is 0.497 e. The van der Waals surface area contributed by atoms with Crippen molar-refractivity contribution < 1.29 is 14.3 Å².